The lowest BCUT2D eigenvalue weighted by Gasteiger charge is -1.90. The molecule has 0 aromatic carbocycles. The number of hydrogen-bond acceptors (Lipinski definition) is 1. The lowest BCUT2D eigenvalue weighted by molar-refractivity contribution is 0.795. The molecule has 0 spiro atoms. The lowest BCUT2D eigenvalue weighted by Crippen LogP contribution is -1.92. The summed E-state index contributed by atoms with van der Waals surface area (Å²) in [4.78, 5) is 0. The van der Waals surface area contributed by atoms with Gasteiger partial charge in [-0.2, -0.15) is 0 Å². The minimum atomic E-state index is 0.213. The van der Waals surface area contributed by atoms with E-state index in [4.69, 9.17) is 5.73 Å². The van der Waals surface area contributed by atoms with Crippen molar-refractivity contribution in [1.82, 2.24) is 5.73 Å². The fraction of sp³-hybridized carbons (Fsp3) is 1.00. The van der Waals surface area contributed by atoms with Crippen molar-refractivity contribution in [3.05, 3.63) is 0 Å². The summed E-state index contributed by atoms with van der Waals surface area (Å²) in [5.41, 5.74) is 7.09. The molecule has 0 aromatic rings. The second-order valence-electron chi connectivity index (χ2n) is 1.50. The maximum atomic E-state index is 7.09. The SMILES string of the molecule is [NH]C1CCCS1. The molecule has 0 amide bonds. The van der Waals surface area contributed by atoms with Gasteiger partial charge in [0.2, 0.25) is 0 Å². The van der Waals surface area contributed by atoms with Gasteiger partial charge in [-0.1, -0.05) is 0 Å². The molecule has 1 N–H and O–H groups in total. The fourth-order valence-electron chi connectivity index (χ4n) is 0.578. The summed E-state index contributed by atoms with van der Waals surface area (Å²) in [5.74, 6) is 1.22. The first kappa shape index (κ1) is 4.47. The zero-order chi connectivity index (χ0) is 4.41. The quantitative estimate of drug-likeness (QED) is 0.449. The third kappa shape index (κ3) is 0.884. The highest BCUT2D eigenvalue weighted by molar-refractivity contribution is 8.00. The van der Waals surface area contributed by atoms with Crippen LogP contribution in [0.15, 0.2) is 0 Å². The molecule has 1 heterocycles. The van der Waals surface area contributed by atoms with Crippen molar-refractivity contribution in [3.63, 3.8) is 0 Å². The second-order valence-corrected chi connectivity index (χ2v) is 2.81. The Bertz CT molecular complexity index is 40.8. The summed E-state index contributed by atoms with van der Waals surface area (Å²) in [7, 11) is 0. The Kier molecular flexibility index (Phi) is 1.37. The van der Waals surface area contributed by atoms with E-state index in [1.807, 2.05) is 0 Å². The van der Waals surface area contributed by atoms with Crippen LogP contribution in [0, 0.1) is 0 Å². The lowest BCUT2D eigenvalue weighted by atomic mass is 10.3. The van der Waals surface area contributed by atoms with Gasteiger partial charge < -0.3 is 0 Å². The molecular formula is C4H8NS. The average Bonchev–Trinajstić information content (AvgIpc) is 1.86. The van der Waals surface area contributed by atoms with Gasteiger partial charge in [-0.25, -0.2) is 5.73 Å². The Hall–Kier alpha value is 0.310. The molecule has 1 saturated heterocycles. The van der Waals surface area contributed by atoms with E-state index in [0.29, 0.717) is 0 Å². The van der Waals surface area contributed by atoms with E-state index in [9.17, 15) is 0 Å². The van der Waals surface area contributed by atoms with Gasteiger partial charge >= 0.3 is 0 Å². The highest BCUT2D eigenvalue weighted by atomic mass is 32.2. The molecule has 0 aromatic heterocycles. The third-order valence-corrected chi connectivity index (χ3v) is 2.09. The molecule has 35 valence electrons. The van der Waals surface area contributed by atoms with Crippen LogP contribution in [0.25, 0.3) is 0 Å². The fourth-order valence-corrected chi connectivity index (χ4v) is 1.53. The van der Waals surface area contributed by atoms with Crippen molar-refractivity contribution in [1.29, 1.82) is 0 Å². The van der Waals surface area contributed by atoms with E-state index in [1.54, 1.807) is 11.8 Å². The minimum Gasteiger partial charge on any atom is -0.244 e. The summed E-state index contributed by atoms with van der Waals surface area (Å²) in [6, 6.07) is 0. The van der Waals surface area contributed by atoms with Crippen molar-refractivity contribution in [2.24, 2.45) is 0 Å². The topological polar surface area (TPSA) is 23.8 Å². The van der Waals surface area contributed by atoms with Crippen molar-refractivity contribution in [3.8, 4) is 0 Å². The molecule has 0 aliphatic carbocycles. The molecule has 0 saturated carbocycles. The van der Waals surface area contributed by atoms with Gasteiger partial charge in [0.1, 0.15) is 0 Å². The van der Waals surface area contributed by atoms with Crippen LogP contribution >= 0.6 is 11.8 Å². The first-order valence-electron chi connectivity index (χ1n) is 2.22. The summed E-state index contributed by atoms with van der Waals surface area (Å²) in [6.45, 7) is 0. The summed E-state index contributed by atoms with van der Waals surface area (Å²) in [6.07, 6.45) is 2.38. The monoisotopic (exact) mass is 102 g/mol. The van der Waals surface area contributed by atoms with Crippen LogP contribution < -0.4 is 5.73 Å². The molecule has 0 bridgehead atoms. The highest BCUT2D eigenvalue weighted by Gasteiger charge is 2.09. The first-order valence-corrected chi connectivity index (χ1v) is 3.27. The summed E-state index contributed by atoms with van der Waals surface area (Å²) < 4.78 is 0. The Morgan fingerprint density at radius 2 is 2.50 bits per heavy atom. The normalized spacial score (nSPS) is 34.5. The molecule has 6 heavy (non-hydrogen) atoms. The molecule has 1 radical (unpaired) electrons. The average molecular weight is 102 g/mol. The van der Waals surface area contributed by atoms with Crippen LogP contribution in [-0.4, -0.2) is 11.1 Å². The van der Waals surface area contributed by atoms with Gasteiger partial charge in [-0.15, -0.1) is 11.8 Å². The zero-order valence-corrected chi connectivity index (χ0v) is 4.42. The van der Waals surface area contributed by atoms with Crippen molar-refractivity contribution in [2.45, 2.75) is 18.2 Å². The van der Waals surface area contributed by atoms with E-state index >= 15 is 0 Å². The van der Waals surface area contributed by atoms with Crippen molar-refractivity contribution >= 4 is 11.8 Å². The van der Waals surface area contributed by atoms with Crippen LogP contribution in [0.3, 0.4) is 0 Å². The summed E-state index contributed by atoms with van der Waals surface area (Å²) in [5, 5.41) is 0.213. The van der Waals surface area contributed by atoms with Crippen molar-refractivity contribution < 1.29 is 0 Å². The Morgan fingerprint density at radius 3 is 2.67 bits per heavy atom. The van der Waals surface area contributed by atoms with Crippen LogP contribution in [0.1, 0.15) is 12.8 Å². The van der Waals surface area contributed by atoms with E-state index in [0.717, 1.165) is 6.42 Å². The van der Waals surface area contributed by atoms with Crippen LogP contribution in [0.5, 0.6) is 0 Å². The zero-order valence-electron chi connectivity index (χ0n) is 3.61. The molecule has 1 nitrogen and oxygen atoms in total. The standard InChI is InChI=1S/C4H8NS/c5-4-2-1-3-6-4/h4-5H,1-3H2. The first-order chi connectivity index (χ1) is 2.89. The molecule has 1 aliphatic rings. The molecule has 1 unspecified atom stereocenters. The van der Waals surface area contributed by atoms with Crippen LogP contribution in [0.2, 0.25) is 0 Å². The van der Waals surface area contributed by atoms with E-state index in [-0.39, 0.29) is 5.37 Å². The van der Waals surface area contributed by atoms with Gasteiger partial charge in [0.15, 0.2) is 0 Å². The Morgan fingerprint density at radius 1 is 1.67 bits per heavy atom. The predicted molar refractivity (Wildman–Crippen MR) is 28.6 cm³/mol. The van der Waals surface area contributed by atoms with Crippen molar-refractivity contribution in [2.75, 3.05) is 5.75 Å². The number of nitrogens with one attached hydrogen (secondary N) is 1. The largest absolute Gasteiger partial charge is 0.244 e. The Balaban J connectivity index is 2.18. The van der Waals surface area contributed by atoms with Crippen LogP contribution in [0.4, 0.5) is 0 Å². The van der Waals surface area contributed by atoms with Gasteiger partial charge in [-0.05, 0) is 18.6 Å². The van der Waals surface area contributed by atoms with Gasteiger partial charge in [0.25, 0.3) is 0 Å². The minimum absolute atomic E-state index is 0.213. The highest BCUT2D eigenvalue weighted by Crippen LogP contribution is 2.22. The number of hydrogen-bond donors (Lipinski definition) is 0. The molecule has 2 heteroatoms. The third-order valence-electron chi connectivity index (χ3n) is 0.930. The molecule has 1 fully saturated rings. The van der Waals surface area contributed by atoms with Gasteiger partial charge in [-0.3, -0.25) is 0 Å². The van der Waals surface area contributed by atoms with Gasteiger partial charge in [0.05, 0.1) is 5.37 Å². The number of rotatable bonds is 0. The van der Waals surface area contributed by atoms with Crippen LogP contribution in [-0.2, 0) is 0 Å². The maximum absolute atomic E-state index is 7.09. The summed E-state index contributed by atoms with van der Waals surface area (Å²) >= 11 is 1.76. The predicted octanol–water partition coefficient (Wildman–Crippen LogP) is 1.12. The molecule has 1 rings (SSSR count). The number of thioether (sulfide) groups is 1. The van der Waals surface area contributed by atoms with E-state index in [1.165, 1.54) is 12.2 Å². The second kappa shape index (κ2) is 1.85. The van der Waals surface area contributed by atoms with E-state index < -0.39 is 0 Å². The molecular weight excluding hydrogens is 94.1 g/mol. The maximum Gasteiger partial charge on any atom is 0.0666 e. The van der Waals surface area contributed by atoms with Gasteiger partial charge in [0, 0.05) is 0 Å². The molecule has 1 aliphatic heterocycles. The van der Waals surface area contributed by atoms with E-state index in [2.05, 4.69) is 0 Å². The smallest absolute Gasteiger partial charge is 0.0666 e. The molecule has 1 atom stereocenters. The Labute approximate surface area is 42.3 Å².